The van der Waals surface area contributed by atoms with E-state index >= 15 is 0 Å². The van der Waals surface area contributed by atoms with Crippen molar-refractivity contribution in [3.63, 3.8) is 0 Å². The fraction of sp³-hybridized carbons (Fsp3) is 0.308. The molecule has 2 aromatic rings. The molecule has 90 valence electrons. The third-order valence-electron chi connectivity index (χ3n) is 2.88. The maximum Gasteiger partial charge on any atom is 0.265 e. The van der Waals surface area contributed by atoms with Gasteiger partial charge in [0.25, 0.3) is 5.56 Å². The quantitative estimate of drug-likeness (QED) is 0.852. The number of pyridine rings is 1. The number of methoxy groups -OCH3 is 1. The van der Waals surface area contributed by atoms with Gasteiger partial charge in [-0.1, -0.05) is 0 Å². The maximum atomic E-state index is 12.0. The lowest BCUT2D eigenvalue weighted by molar-refractivity contribution is 0.412. The highest BCUT2D eigenvalue weighted by atomic mass is 79.9. The van der Waals surface area contributed by atoms with Crippen molar-refractivity contribution in [2.24, 2.45) is 0 Å². The summed E-state index contributed by atoms with van der Waals surface area (Å²) in [4.78, 5) is 12.0. The van der Waals surface area contributed by atoms with Crippen LogP contribution in [0.2, 0.25) is 0 Å². The van der Waals surface area contributed by atoms with Crippen molar-refractivity contribution in [1.82, 2.24) is 4.57 Å². The second-order valence-corrected chi connectivity index (χ2v) is 4.78. The molecule has 4 heteroatoms. The Morgan fingerprint density at radius 2 is 2.06 bits per heavy atom. The summed E-state index contributed by atoms with van der Waals surface area (Å²) in [5, 5.41) is 1.00. The van der Waals surface area contributed by atoms with Crippen molar-refractivity contribution in [2.75, 3.05) is 7.11 Å². The molecule has 0 atom stereocenters. The van der Waals surface area contributed by atoms with Gasteiger partial charge in [-0.3, -0.25) is 4.79 Å². The molecule has 0 aliphatic rings. The van der Waals surface area contributed by atoms with Crippen LogP contribution in [-0.4, -0.2) is 11.7 Å². The van der Waals surface area contributed by atoms with Gasteiger partial charge in [0.1, 0.15) is 5.75 Å². The summed E-state index contributed by atoms with van der Waals surface area (Å²) in [5.41, 5.74) is 1.98. The molecule has 0 N–H and O–H groups in total. The predicted molar refractivity (Wildman–Crippen MR) is 72.9 cm³/mol. The normalized spacial score (nSPS) is 10.8. The van der Waals surface area contributed by atoms with Crippen molar-refractivity contribution in [3.05, 3.63) is 38.6 Å². The Labute approximate surface area is 108 Å². The van der Waals surface area contributed by atoms with Gasteiger partial charge in [-0.15, -0.1) is 0 Å². The molecule has 0 saturated carbocycles. The number of halogens is 1. The van der Waals surface area contributed by atoms with Gasteiger partial charge >= 0.3 is 0 Å². The van der Waals surface area contributed by atoms with Gasteiger partial charge in [0.05, 0.1) is 17.1 Å². The van der Waals surface area contributed by atoms with Gasteiger partial charge in [0.15, 0.2) is 0 Å². The van der Waals surface area contributed by atoms with Crippen molar-refractivity contribution >= 4 is 26.8 Å². The van der Waals surface area contributed by atoms with E-state index in [-0.39, 0.29) is 5.56 Å². The van der Waals surface area contributed by atoms with E-state index in [0.29, 0.717) is 11.0 Å². The van der Waals surface area contributed by atoms with Crippen LogP contribution in [0, 0.1) is 6.92 Å². The average molecular weight is 296 g/mol. The largest absolute Gasteiger partial charge is 0.496 e. The molecule has 17 heavy (non-hydrogen) atoms. The van der Waals surface area contributed by atoms with Gasteiger partial charge < -0.3 is 9.30 Å². The lowest BCUT2D eigenvalue weighted by Crippen LogP contribution is -2.20. The van der Waals surface area contributed by atoms with E-state index in [9.17, 15) is 4.79 Å². The summed E-state index contributed by atoms with van der Waals surface area (Å²) in [7, 11) is 1.65. The van der Waals surface area contributed by atoms with Crippen LogP contribution >= 0.6 is 15.9 Å². The van der Waals surface area contributed by atoms with Crippen molar-refractivity contribution < 1.29 is 4.74 Å². The fourth-order valence-corrected chi connectivity index (χ4v) is 2.47. The van der Waals surface area contributed by atoms with Gasteiger partial charge in [0, 0.05) is 11.9 Å². The van der Waals surface area contributed by atoms with Crippen molar-refractivity contribution in [2.45, 2.75) is 20.4 Å². The van der Waals surface area contributed by atoms with Crippen LogP contribution in [0.5, 0.6) is 5.75 Å². The smallest absolute Gasteiger partial charge is 0.265 e. The Kier molecular flexibility index (Phi) is 3.24. The Hall–Kier alpha value is -1.29. The lowest BCUT2D eigenvalue weighted by atomic mass is 10.1. The van der Waals surface area contributed by atoms with E-state index in [4.69, 9.17) is 4.74 Å². The van der Waals surface area contributed by atoms with Crippen molar-refractivity contribution in [3.8, 4) is 5.75 Å². The van der Waals surface area contributed by atoms with Crippen molar-refractivity contribution in [1.29, 1.82) is 0 Å². The number of fused-ring (bicyclic) bond motifs is 1. The molecule has 0 radical (unpaired) electrons. The Balaban J connectivity index is 2.91. The second kappa shape index (κ2) is 4.53. The highest BCUT2D eigenvalue weighted by Gasteiger charge is 2.09. The minimum atomic E-state index is 0.00423. The topological polar surface area (TPSA) is 31.2 Å². The summed E-state index contributed by atoms with van der Waals surface area (Å²) in [6.07, 6.45) is 0. The molecule has 0 bridgehead atoms. The summed E-state index contributed by atoms with van der Waals surface area (Å²) < 4.78 is 7.63. The minimum Gasteiger partial charge on any atom is -0.496 e. The zero-order valence-electron chi connectivity index (χ0n) is 10.1. The first kappa shape index (κ1) is 12.2. The van der Waals surface area contributed by atoms with Gasteiger partial charge in [-0.2, -0.15) is 0 Å². The third-order valence-corrected chi connectivity index (χ3v) is 3.45. The van der Waals surface area contributed by atoms with Gasteiger partial charge in [-0.05, 0) is 53.5 Å². The van der Waals surface area contributed by atoms with Crippen LogP contribution in [0.4, 0.5) is 0 Å². The number of ether oxygens (including phenoxy) is 1. The summed E-state index contributed by atoms with van der Waals surface area (Å²) in [5.74, 6) is 0.839. The number of rotatable bonds is 2. The molecule has 1 aromatic heterocycles. The molecule has 1 heterocycles. The molecule has 2 rings (SSSR count). The number of aryl methyl sites for hydroxylation is 2. The monoisotopic (exact) mass is 295 g/mol. The van der Waals surface area contributed by atoms with E-state index in [1.807, 2.05) is 32.0 Å². The Bertz CT molecular complexity index is 631. The van der Waals surface area contributed by atoms with Crippen LogP contribution in [0.1, 0.15) is 12.5 Å². The van der Waals surface area contributed by atoms with E-state index < -0.39 is 0 Å². The van der Waals surface area contributed by atoms with E-state index in [1.54, 1.807) is 11.7 Å². The standard InChI is InChI=1S/C13H14BrNO2/c1-4-15-11-5-8(2)12(17-3)7-9(11)6-10(14)13(15)16/h5-7H,4H2,1-3H3. The SMILES string of the molecule is CCn1c(=O)c(Br)cc2cc(OC)c(C)cc21. The number of aromatic nitrogens is 1. The minimum absolute atomic E-state index is 0.00423. The number of hydrogen-bond acceptors (Lipinski definition) is 2. The van der Waals surface area contributed by atoms with Crippen LogP contribution in [0.25, 0.3) is 10.9 Å². The van der Waals surface area contributed by atoms with E-state index in [0.717, 1.165) is 22.2 Å². The Morgan fingerprint density at radius 1 is 1.35 bits per heavy atom. The molecule has 0 fully saturated rings. The lowest BCUT2D eigenvalue weighted by Gasteiger charge is -2.12. The molecule has 0 aliphatic carbocycles. The fourth-order valence-electron chi connectivity index (χ4n) is 2.01. The predicted octanol–water partition coefficient (Wildman–Crippen LogP) is 3.10. The highest BCUT2D eigenvalue weighted by molar-refractivity contribution is 9.10. The molecule has 1 aromatic carbocycles. The van der Waals surface area contributed by atoms with E-state index in [1.165, 1.54) is 0 Å². The first-order chi connectivity index (χ1) is 8.08. The average Bonchev–Trinajstić information content (AvgIpc) is 2.31. The number of benzene rings is 1. The second-order valence-electron chi connectivity index (χ2n) is 3.92. The molecular weight excluding hydrogens is 282 g/mol. The van der Waals surface area contributed by atoms with Crippen LogP contribution in [0.15, 0.2) is 27.5 Å². The molecule has 0 spiro atoms. The van der Waals surface area contributed by atoms with Crippen LogP contribution < -0.4 is 10.3 Å². The zero-order valence-corrected chi connectivity index (χ0v) is 11.7. The number of nitrogens with zero attached hydrogens (tertiary/aromatic N) is 1. The Morgan fingerprint density at radius 3 is 2.65 bits per heavy atom. The summed E-state index contributed by atoms with van der Waals surface area (Å²) in [6, 6.07) is 5.79. The van der Waals surface area contributed by atoms with Crippen LogP contribution in [0.3, 0.4) is 0 Å². The molecule has 0 amide bonds. The molecule has 0 saturated heterocycles. The highest BCUT2D eigenvalue weighted by Crippen LogP contribution is 2.26. The summed E-state index contributed by atoms with van der Waals surface area (Å²) >= 11 is 3.30. The maximum absolute atomic E-state index is 12.0. The number of hydrogen-bond donors (Lipinski definition) is 0. The summed E-state index contributed by atoms with van der Waals surface area (Å²) in [6.45, 7) is 4.60. The van der Waals surface area contributed by atoms with Gasteiger partial charge in [0.2, 0.25) is 0 Å². The molecule has 0 unspecified atom stereocenters. The van der Waals surface area contributed by atoms with E-state index in [2.05, 4.69) is 15.9 Å². The van der Waals surface area contributed by atoms with Crippen LogP contribution in [-0.2, 0) is 6.54 Å². The third kappa shape index (κ3) is 1.97. The zero-order chi connectivity index (χ0) is 12.6. The molecule has 3 nitrogen and oxygen atoms in total. The molecule has 0 aliphatic heterocycles. The van der Waals surface area contributed by atoms with Gasteiger partial charge in [-0.25, -0.2) is 0 Å². The first-order valence-corrected chi connectivity index (χ1v) is 6.25. The molecular formula is C13H14BrNO2. The first-order valence-electron chi connectivity index (χ1n) is 5.46.